The molecule has 1 amide bonds. The van der Waals surface area contributed by atoms with Gasteiger partial charge in [-0.25, -0.2) is 5.01 Å². The van der Waals surface area contributed by atoms with Gasteiger partial charge in [-0.2, -0.15) is 0 Å². The van der Waals surface area contributed by atoms with Crippen LogP contribution in [-0.2, 0) is 4.79 Å². The zero-order valence-corrected chi connectivity index (χ0v) is 19.2. The highest BCUT2D eigenvalue weighted by Crippen LogP contribution is 2.40. The first-order valence-electron chi connectivity index (χ1n) is 9.56. The molecule has 2 aliphatic heterocycles. The third-order valence-electron chi connectivity index (χ3n) is 4.64. The molecule has 30 heavy (non-hydrogen) atoms. The highest BCUT2D eigenvalue weighted by molar-refractivity contribution is 9.10. The van der Waals surface area contributed by atoms with E-state index in [9.17, 15) is 4.79 Å². The van der Waals surface area contributed by atoms with Crippen LogP contribution in [-0.4, -0.2) is 35.6 Å². The first kappa shape index (κ1) is 20.7. The van der Waals surface area contributed by atoms with Crippen LogP contribution in [0, 0.1) is 0 Å². The number of ether oxygens (including phenoxy) is 2. The molecule has 2 heterocycles. The number of hydrazone groups is 1. The van der Waals surface area contributed by atoms with Gasteiger partial charge >= 0.3 is 0 Å². The number of halogens is 1. The second-order valence-electron chi connectivity index (χ2n) is 6.46. The van der Waals surface area contributed by atoms with Crippen LogP contribution in [0.5, 0.6) is 11.5 Å². The van der Waals surface area contributed by atoms with Crippen molar-refractivity contribution >= 4 is 44.5 Å². The molecular weight excluding hydrogens is 468 g/mol. The number of amides is 1. The maximum Gasteiger partial charge on any atom is 0.276 e. The SMILES string of the molecule is CCOc1cccc(C2N=c3ccc(Br)cc3=C3C(=O)NC(SCC)=NN32)c1OC. The summed E-state index contributed by atoms with van der Waals surface area (Å²) < 4.78 is 12.3. The standard InChI is InChI=1S/C21H21BrN4O3S/c1-4-29-16-8-6-7-13(18(16)28-3)19-23-15-10-9-12(22)11-14(15)17-20(27)24-21(30-5-2)25-26(17)19/h6-11,19H,4-5H2,1-3H3,(H,24,25,27). The van der Waals surface area contributed by atoms with Crippen molar-refractivity contribution in [2.45, 2.75) is 20.0 Å². The number of nitrogens with one attached hydrogen (secondary N) is 1. The van der Waals surface area contributed by atoms with E-state index in [2.05, 4.69) is 21.2 Å². The number of carbonyl (C=O) groups excluding carboxylic acids is 1. The fourth-order valence-electron chi connectivity index (χ4n) is 3.48. The van der Waals surface area contributed by atoms with Crippen LogP contribution in [0.4, 0.5) is 0 Å². The monoisotopic (exact) mass is 488 g/mol. The Labute approximate surface area is 187 Å². The summed E-state index contributed by atoms with van der Waals surface area (Å²) in [5, 5.41) is 11.3. The number of thioether (sulfide) groups is 1. The number of para-hydroxylation sites is 1. The van der Waals surface area contributed by atoms with E-state index >= 15 is 0 Å². The minimum atomic E-state index is -0.567. The average Bonchev–Trinajstić information content (AvgIpc) is 2.73. The Morgan fingerprint density at radius 1 is 1.27 bits per heavy atom. The van der Waals surface area contributed by atoms with Crippen LogP contribution in [0.1, 0.15) is 25.6 Å². The van der Waals surface area contributed by atoms with Gasteiger partial charge in [0.1, 0.15) is 5.70 Å². The van der Waals surface area contributed by atoms with Crippen molar-refractivity contribution < 1.29 is 14.3 Å². The lowest BCUT2D eigenvalue weighted by molar-refractivity contribution is -0.116. The smallest absolute Gasteiger partial charge is 0.276 e. The quantitative estimate of drug-likeness (QED) is 0.700. The molecule has 0 saturated heterocycles. The Morgan fingerprint density at radius 2 is 2.10 bits per heavy atom. The largest absolute Gasteiger partial charge is 0.492 e. The average molecular weight is 489 g/mol. The van der Waals surface area contributed by atoms with Crippen molar-refractivity contribution in [3.8, 4) is 11.5 Å². The number of rotatable bonds is 5. The Hall–Kier alpha value is -2.52. The van der Waals surface area contributed by atoms with Gasteiger partial charge in [0.2, 0.25) is 0 Å². The lowest BCUT2D eigenvalue weighted by Crippen LogP contribution is -2.50. The highest BCUT2D eigenvalue weighted by Gasteiger charge is 2.36. The van der Waals surface area contributed by atoms with Crippen molar-refractivity contribution in [2.24, 2.45) is 10.1 Å². The molecule has 7 nitrogen and oxygen atoms in total. The molecule has 9 heteroatoms. The van der Waals surface area contributed by atoms with Gasteiger partial charge < -0.3 is 9.47 Å². The number of fused-ring (bicyclic) bond motifs is 2. The van der Waals surface area contributed by atoms with Gasteiger partial charge in [-0.05, 0) is 36.9 Å². The summed E-state index contributed by atoms with van der Waals surface area (Å²) in [6.45, 7) is 4.44. The van der Waals surface area contributed by atoms with Gasteiger partial charge in [-0.15, -0.1) is 5.10 Å². The molecule has 0 radical (unpaired) electrons. The number of hydrogen-bond donors (Lipinski definition) is 1. The molecule has 0 bridgehead atoms. The van der Waals surface area contributed by atoms with Crippen molar-refractivity contribution in [1.82, 2.24) is 10.3 Å². The van der Waals surface area contributed by atoms with E-state index in [0.29, 0.717) is 29.0 Å². The van der Waals surface area contributed by atoms with E-state index in [4.69, 9.17) is 19.6 Å². The molecule has 0 saturated carbocycles. The maximum atomic E-state index is 13.1. The number of nitrogens with zero attached hydrogens (tertiary/aromatic N) is 3. The van der Waals surface area contributed by atoms with Gasteiger partial charge in [0.05, 0.1) is 19.1 Å². The van der Waals surface area contributed by atoms with Gasteiger partial charge in [0.25, 0.3) is 5.91 Å². The minimum Gasteiger partial charge on any atom is -0.492 e. The summed E-state index contributed by atoms with van der Waals surface area (Å²) in [6, 6.07) is 11.4. The molecular formula is C21H21BrN4O3S. The lowest BCUT2D eigenvalue weighted by Gasteiger charge is -2.34. The van der Waals surface area contributed by atoms with Crippen LogP contribution in [0.25, 0.3) is 5.70 Å². The minimum absolute atomic E-state index is 0.208. The summed E-state index contributed by atoms with van der Waals surface area (Å²) >= 11 is 4.96. The molecule has 0 spiro atoms. The van der Waals surface area contributed by atoms with Gasteiger partial charge in [-0.3, -0.25) is 15.1 Å². The van der Waals surface area contributed by atoms with Crippen molar-refractivity contribution in [3.63, 3.8) is 0 Å². The second kappa shape index (κ2) is 8.69. The number of carbonyl (C=O) groups is 1. The molecule has 0 aromatic heterocycles. The summed E-state index contributed by atoms with van der Waals surface area (Å²) in [5.41, 5.74) is 1.23. The van der Waals surface area contributed by atoms with Crippen molar-refractivity contribution in [3.05, 3.63) is 57.0 Å². The van der Waals surface area contributed by atoms with Crippen LogP contribution in [0.2, 0.25) is 0 Å². The zero-order chi connectivity index (χ0) is 21.3. The molecule has 4 rings (SSSR count). The molecule has 1 unspecified atom stereocenters. The van der Waals surface area contributed by atoms with Crippen molar-refractivity contribution in [1.29, 1.82) is 0 Å². The van der Waals surface area contributed by atoms with Crippen LogP contribution >= 0.6 is 27.7 Å². The third-order valence-corrected chi connectivity index (χ3v) is 5.88. The first-order chi connectivity index (χ1) is 14.6. The Bertz CT molecular complexity index is 1150. The normalized spacial score (nSPS) is 17.4. The topological polar surface area (TPSA) is 75.5 Å². The Kier molecular flexibility index (Phi) is 6.01. The van der Waals surface area contributed by atoms with E-state index in [1.807, 2.05) is 50.2 Å². The second-order valence-corrected chi connectivity index (χ2v) is 8.63. The predicted octanol–water partition coefficient (Wildman–Crippen LogP) is 2.75. The molecule has 156 valence electrons. The molecule has 1 N–H and O–H groups in total. The fourth-order valence-corrected chi connectivity index (χ4v) is 4.42. The molecule has 0 aliphatic carbocycles. The molecule has 0 fully saturated rings. The maximum absolute atomic E-state index is 13.1. The van der Waals surface area contributed by atoms with E-state index < -0.39 is 6.17 Å². The van der Waals surface area contributed by atoms with Crippen LogP contribution < -0.4 is 25.4 Å². The van der Waals surface area contributed by atoms with E-state index in [1.165, 1.54) is 11.8 Å². The third kappa shape index (κ3) is 3.67. The summed E-state index contributed by atoms with van der Waals surface area (Å²) in [7, 11) is 1.60. The Morgan fingerprint density at radius 3 is 2.83 bits per heavy atom. The number of amidine groups is 1. The summed E-state index contributed by atoms with van der Waals surface area (Å²) in [5.74, 6) is 1.79. The number of methoxy groups -OCH3 is 1. The predicted molar refractivity (Wildman–Crippen MR) is 121 cm³/mol. The highest BCUT2D eigenvalue weighted by atomic mass is 79.9. The summed E-state index contributed by atoms with van der Waals surface area (Å²) in [4.78, 5) is 18.0. The van der Waals surface area contributed by atoms with Crippen LogP contribution in [0.3, 0.4) is 0 Å². The molecule has 2 aromatic carbocycles. The number of hydrogen-bond acceptors (Lipinski definition) is 7. The van der Waals surface area contributed by atoms with Crippen molar-refractivity contribution in [2.75, 3.05) is 19.5 Å². The summed E-state index contributed by atoms with van der Waals surface area (Å²) in [6.07, 6.45) is -0.567. The zero-order valence-electron chi connectivity index (χ0n) is 16.8. The van der Waals surface area contributed by atoms with Gasteiger partial charge in [0.15, 0.2) is 22.8 Å². The van der Waals surface area contributed by atoms with Gasteiger partial charge in [0, 0.05) is 15.3 Å². The first-order valence-corrected chi connectivity index (χ1v) is 11.3. The molecule has 1 atom stereocenters. The van der Waals surface area contributed by atoms with Crippen LogP contribution in [0.15, 0.2) is 51.0 Å². The number of benzene rings is 2. The lowest BCUT2D eigenvalue weighted by atomic mass is 10.1. The fraction of sp³-hybridized carbons (Fsp3) is 0.286. The van der Waals surface area contributed by atoms with E-state index in [0.717, 1.165) is 26.4 Å². The molecule has 2 aromatic rings. The van der Waals surface area contributed by atoms with Gasteiger partial charge in [-0.1, -0.05) is 46.7 Å². The Balaban J connectivity index is 1.97. The molecule has 2 aliphatic rings. The van der Waals surface area contributed by atoms with E-state index in [1.54, 1.807) is 12.1 Å². The van der Waals surface area contributed by atoms with E-state index in [-0.39, 0.29) is 5.91 Å².